The molecule has 0 N–H and O–H groups in total. The van der Waals surface area contributed by atoms with E-state index in [-0.39, 0.29) is 0 Å². The van der Waals surface area contributed by atoms with Gasteiger partial charge in [0.25, 0.3) is 0 Å². The number of ether oxygens (including phenoxy) is 1. The number of allylic oxidation sites excluding steroid dienone is 1. The van der Waals surface area contributed by atoms with Crippen LogP contribution in [0.1, 0.15) is 12.5 Å². The first kappa shape index (κ1) is 9.52. The molecule has 0 radical (unpaired) electrons. The fourth-order valence-electron chi connectivity index (χ4n) is 0.963. The Morgan fingerprint density at radius 3 is 2.54 bits per heavy atom. The Labute approximate surface area is 78.6 Å². The number of hydrogen-bond acceptors (Lipinski definition) is 2. The van der Waals surface area contributed by atoms with E-state index in [0.717, 1.165) is 5.56 Å². The van der Waals surface area contributed by atoms with Crippen LogP contribution in [0.3, 0.4) is 0 Å². The van der Waals surface area contributed by atoms with Crippen LogP contribution in [0.15, 0.2) is 47.7 Å². The fraction of sp³-hybridized carbons (Fsp3) is 0.182. The third-order valence-electron chi connectivity index (χ3n) is 1.54. The molecular formula is C11H13NO. The monoisotopic (exact) mass is 175 g/mol. The van der Waals surface area contributed by atoms with Gasteiger partial charge in [0.2, 0.25) is 5.90 Å². The maximum Gasteiger partial charge on any atom is 0.220 e. The molecule has 0 aliphatic heterocycles. The van der Waals surface area contributed by atoms with Crippen molar-refractivity contribution in [3.05, 3.63) is 48.2 Å². The molecule has 1 aromatic rings. The van der Waals surface area contributed by atoms with Gasteiger partial charge in [-0.15, -0.1) is 0 Å². The largest absolute Gasteiger partial charge is 0.447 e. The van der Waals surface area contributed by atoms with Crippen molar-refractivity contribution in [1.29, 1.82) is 0 Å². The van der Waals surface area contributed by atoms with Crippen LogP contribution < -0.4 is 0 Å². The molecule has 0 fully saturated rings. The first-order chi connectivity index (χ1) is 6.38. The first-order valence-electron chi connectivity index (χ1n) is 4.18. The van der Waals surface area contributed by atoms with E-state index < -0.39 is 0 Å². The number of nitrogens with zero attached hydrogens (tertiary/aromatic N) is 1. The van der Waals surface area contributed by atoms with Crippen LogP contribution in [0.5, 0.6) is 0 Å². The lowest BCUT2D eigenvalue weighted by Crippen LogP contribution is -2.01. The molecule has 1 rings (SSSR count). The number of aliphatic imine (C=N–C) groups is 1. The molecule has 68 valence electrons. The molecule has 0 saturated carbocycles. The SMILES string of the molecule is C/C=C/OC(=NC)c1ccccc1. The van der Waals surface area contributed by atoms with Gasteiger partial charge in [0.05, 0.1) is 6.26 Å². The van der Waals surface area contributed by atoms with Gasteiger partial charge in [-0.3, -0.25) is 4.99 Å². The zero-order chi connectivity index (χ0) is 9.52. The maximum absolute atomic E-state index is 5.30. The standard InChI is InChI=1S/C11H13NO/c1-3-9-13-11(12-2)10-7-5-4-6-8-10/h3-9H,1-2H3/b9-3+,12-11?. The summed E-state index contributed by atoms with van der Waals surface area (Å²) < 4.78 is 5.30. The molecule has 0 aliphatic carbocycles. The van der Waals surface area contributed by atoms with Crippen molar-refractivity contribution in [1.82, 2.24) is 0 Å². The summed E-state index contributed by atoms with van der Waals surface area (Å²) >= 11 is 0. The molecule has 0 amide bonds. The minimum Gasteiger partial charge on any atom is -0.447 e. The second-order valence-electron chi connectivity index (χ2n) is 2.48. The van der Waals surface area contributed by atoms with Crippen molar-refractivity contribution in [2.24, 2.45) is 4.99 Å². The van der Waals surface area contributed by atoms with Crippen LogP contribution in [0.25, 0.3) is 0 Å². The highest BCUT2D eigenvalue weighted by Gasteiger charge is 1.99. The van der Waals surface area contributed by atoms with Crippen LogP contribution in [0, 0.1) is 0 Å². The van der Waals surface area contributed by atoms with Gasteiger partial charge in [0.1, 0.15) is 0 Å². The molecule has 0 aliphatic rings. The maximum atomic E-state index is 5.30. The molecule has 0 spiro atoms. The number of benzene rings is 1. The summed E-state index contributed by atoms with van der Waals surface area (Å²) in [6, 6.07) is 9.81. The zero-order valence-corrected chi connectivity index (χ0v) is 7.90. The summed E-state index contributed by atoms with van der Waals surface area (Å²) in [5, 5.41) is 0. The van der Waals surface area contributed by atoms with E-state index in [9.17, 15) is 0 Å². The molecule has 0 heterocycles. The topological polar surface area (TPSA) is 21.6 Å². The average molecular weight is 175 g/mol. The Balaban J connectivity index is 2.80. The molecule has 13 heavy (non-hydrogen) atoms. The summed E-state index contributed by atoms with van der Waals surface area (Å²) in [5.41, 5.74) is 0.989. The van der Waals surface area contributed by atoms with E-state index in [1.54, 1.807) is 13.3 Å². The third-order valence-corrected chi connectivity index (χ3v) is 1.54. The fourth-order valence-corrected chi connectivity index (χ4v) is 0.963. The molecule has 2 nitrogen and oxygen atoms in total. The molecule has 0 atom stereocenters. The van der Waals surface area contributed by atoms with Gasteiger partial charge in [0.15, 0.2) is 0 Å². The predicted octanol–water partition coefficient (Wildman–Crippen LogP) is 2.61. The van der Waals surface area contributed by atoms with Crippen molar-refractivity contribution < 1.29 is 4.74 Å². The summed E-state index contributed by atoms with van der Waals surface area (Å²) in [5.74, 6) is 0.638. The quantitative estimate of drug-likeness (QED) is 0.384. The normalized spacial score (nSPS) is 12.0. The van der Waals surface area contributed by atoms with E-state index in [4.69, 9.17) is 4.74 Å². The Morgan fingerprint density at radius 2 is 2.00 bits per heavy atom. The van der Waals surface area contributed by atoms with Crippen LogP contribution in [0.4, 0.5) is 0 Å². The van der Waals surface area contributed by atoms with Gasteiger partial charge in [-0.1, -0.05) is 24.3 Å². The average Bonchev–Trinajstić information content (AvgIpc) is 2.21. The Kier molecular flexibility index (Phi) is 3.76. The summed E-state index contributed by atoms with van der Waals surface area (Å²) in [7, 11) is 1.71. The summed E-state index contributed by atoms with van der Waals surface area (Å²) in [6.07, 6.45) is 3.45. The second-order valence-corrected chi connectivity index (χ2v) is 2.48. The van der Waals surface area contributed by atoms with E-state index in [1.807, 2.05) is 43.3 Å². The minimum absolute atomic E-state index is 0.638. The minimum atomic E-state index is 0.638. The molecule has 1 aromatic carbocycles. The zero-order valence-electron chi connectivity index (χ0n) is 7.90. The van der Waals surface area contributed by atoms with Crippen molar-refractivity contribution in [2.45, 2.75) is 6.92 Å². The van der Waals surface area contributed by atoms with Gasteiger partial charge in [-0.2, -0.15) is 0 Å². The van der Waals surface area contributed by atoms with Crippen LogP contribution >= 0.6 is 0 Å². The van der Waals surface area contributed by atoms with E-state index >= 15 is 0 Å². The van der Waals surface area contributed by atoms with Crippen molar-refractivity contribution >= 4 is 5.90 Å². The highest BCUT2D eigenvalue weighted by atomic mass is 16.5. The highest BCUT2D eigenvalue weighted by molar-refractivity contribution is 5.94. The first-order valence-corrected chi connectivity index (χ1v) is 4.18. The van der Waals surface area contributed by atoms with E-state index in [2.05, 4.69) is 4.99 Å². The smallest absolute Gasteiger partial charge is 0.220 e. The van der Waals surface area contributed by atoms with Crippen molar-refractivity contribution in [3.63, 3.8) is 0 Å². The number of rotatable bonds is 2. The Bertz CT molecular complexity index is 301. The van der Waals surface area contributed by atoms with Crippen LogP contribution in [-0.2, 0) is 4.74 Å². The predicted molar refractivity (Wildman–Crippen MR) is 54.8 cm³/mol. The molecule has 0 bridgehead atoms. The van der Waals surface area contributed by atoms with Crippen molar-refractivity contribution in [3.8, 4) is 0 Å². The summed E-state index contributed by atoms with van der Waals surface area (Å²) in [4.78, 5) is 4.04. The van der Waals surface area contributed by atoms with Crippen LogP contribution in [0.2, 0.25) is 0 Å². The van der Waals surface area contributed by atoms with Crippen molar-refractivity contribution in [2.75, 3.05) is 7.05 Å². The van der Waals surface area contributed by atoms with Gasteiger partial charge in [0, 0.05) is 12.6 Å². The van der Waals surface area contributed by atoms with E-state index in [1.165, 1.54) is 0 Å². The summed E-state index contributed by atoms with van der Waals surface area (Å²) in [6.45, 7) is 1.90. The molecular weight excluding hydrogens is 162 g/mol. The Morgan fingerprint density at radius 1 is 1.31 bits per heavy atom. The highest BCUT2D eigenvalue weighted by Crippen LogP contribution is 2.02. The molecule has 2 heteroatoms. The third kappa shape index (κ3) is 2.75. The molecule has 0 unspecified atom stereocenters. The van der Waals surface area contributed by atoms with Gasteiger partial charge in [-0.05, 0) is 19.1 Å². The lowest BCUT2D eigenvalue weighted by molar-refractivity contribution is 0.472. The number of hydrogen-bond donors (Lipinski definition) is 0. The van der Waals surface area contributed by atoms with Gasteiger partial charge < -0.3 is 4.74 Å². The van der Waals surface area contributed by atoms with Gasteiger partial charge in [-0.25, -0.2) is 0 Å². The second kappa shape index (κ2) is 5.14. The lowest BCUT2D eigenvalue weighted by atomic mass is 10.2. The lowest BCUT2D eigenvalue weighted by Gasteiger charge is -2.02. The van der Waals surface area contributed by atoms with E-state index in [0.29, 0.717) is 5.90 Å². The molecule has 0 aromatic heterocycles. The molecule has 0 saturated heterocycles. The van der Waals surface area contributed by atoms with Gasteiger partial charge >= 0.3 is 0 Å². The van der Waals surface area contributed by atoms with Crippen LogP contribution in [-0.4, -0.2) is 12.9 Å². The Hall–Kier alpha value is -1.57.